The Morgan fingerprint density at radius 2 is 1.85 bits per heavy atom. The number of nitrogens with zero attached hydrogens (tertiary/aromatic N) is 2. The summed E-state index contributed by atoms with van der Waals surface area (Å²) in [4.78, 5) is 29.3. The third kappa shape index (κ3) is 3.52. The first kappa shape index (κ1) is 21.3. The number of hydrogen-bond donors (Lipinski definition) is 0. The number of furan rings is 1. The summed E-state index contributed by atoms with van der Waals surface area (Å²) in [7, 11) is 0. The van der Waals surface area contributed by atoms with Gasteiger partial charge in [-0.3, -0.25) is 9.59 Å². The molecule has 4 saturated carbocycles. The van der Waals surface area contributed by atoms with Gasteiger partial charge in [0.1, 0.15) is 12.1 Å². The molecule has 0 unspecified atom stereocenters. The van der Waals surface area contributed by atoms with E-state index in [1.165, 1.54) is 17.7 Å². The molecule has 0 spiro atoms. The zero-order valence-corrected chi connectivity index (χ0v) is 18.7. The lowest BCUT2D eigenvalue weighted by Gasteiger charge is -2.52. The van der Waals surface area contributed by atoms with Crippen LogP contribution in [0.1, 0.15) is 66.1 Å². The fraction of sp³-hybridized carbons (Fsp3) is 0.583. The van der Waals surface area contributed by atoms with E-state index in [2.05, 4.69) is 0 Å². The number of piperazine rings is 1. The molecule has 2 amide bonds. The second kappa shape index (κ2) is 7.39. The Balaban J connectivity index is 1.27. The smallest absolute Gasteiger partial charge is 0.420 e. The van der Waals surface area contributed by atoms with E-state index < -0.39 is 23.2 Å². The van der Waals surface area contributed by atoms with Crippen molar-refractivity contribution >= 4 is 34.4 Å². The highest BCUT2D eigenvalue weighted by molar-refractivity contribution is 6.38. The van der Waals surface area contributed by atoms with Crippen molar-refractivity contribution in [2.24, 2.45) is 11.8 Å². The van der Waals surface area contributed by atoms with Crippen LogP contribution in [0.15, 0.2) is 16.5 Å². The number of benzene rings is 1. The van der Waals surface area contributed by atoms with Crippen molar-refractivity contribution in [1.29, 1.82) is 0 Å². The molecule has 1 atom stereocenters. The van der Waals surface area contributed by atoms with E-state index >= 15 is 0 Å². The number of carbonyl (C=O) groups is 2. The molecular weight excluding hydrogens is 457 g/mol. The third-order valence-corrected chi connectivity index (χ3v) is 8.31. The molecule has 2 bridgehead atoms. The second-order valence-corrected chi connectivity index (χ2v) is 10.4. The Hall–Kier alpha value is -2.22. The minimum Gasteiger partial charge on any atom is -0.449 e. The van der Waals surface area contributed by atoms with Crippen LogP contribution in [0, 0.1) is 11.8 Å². The highest BCUT2D eigenvalue weighted by Crippen LogP contribution is 2.48. The molecule has 5 aliphatic rings. The van der Waals surface area contributed by atoms with Crippen molar-refractivity contribution in [1.82, 2.24) is 9.80 Å². The van der Waals surface area contributed by atoms with Crippen LogP contribution >= 0.6 is 11.6 Å². The molecule has 4 aliphatic carbocycles. The van der Waals surface area contributed by atoms with Gasteiger partial charge in [-0.25, -0.2) is 0 Å². The molecule has 1 aromatic heterocycles. The van der Waals surface area contributed by atoms with Crippen LogP contribution in [0.2, 0.25) is 5.02 Å². The normalized spacial score (nSPS) is 27.8. The van der Waals surface area contributed by atoms with E-state index in [-0.39, 0.29) is 40.6 Å². The maximum Gasteiger partial charge on any atom is 0.420 e. The lowest BCUT2D eigenvalue weighted by atomic mass is 9.62. The van der Waals surface area contributed by atoms with E-state index in [0.29, 0.717) is 24.6 Å². The molecule has 2 heterocycles. The van der Waals surface area contributed by atoms with Crippen molar-refractivity contribution in [2.45, 2.75) is 56.7 Å². The minimum absolute atomic E-state index is 0.0806. The maximum absolute atomic E-state index is 13.7. The number of halogens is 4. The zero-order chi connectivity index (χ0) is 23.1. The molecule has 2 aromatic rings. The van der Waals surface area contributed by atoms with Crippen molar-refractivity contribution < 1.29 is 27.2 Å². The average Bonchev–Trinajstić information content (AvgIpc) is 3.55. The Bertz CT molecular complexity index is 1150. The van der Waals surface area contributed by atoms with E-state index in [4.69, 9.17) is 16.0 Å². The molecule has 33 heavy (non-hydrogen) atoms. The maximum atomic E-state index is 13.7. The third-order valence-electron chi connectivity index (χ3n) is 7.93. The fourth-order valence-corrected chi connectivity index (χ4v) is 6.20. The topological polar surface area (TPSA) is 53.8 Å². The summed E-state index contributed by atoms with van der Waals surface area (Å²) in [5.41, 5.74) is -0.780. The van der Waals surface area contributed by atoms with Gasteiger partial charge in [0.05, 0.1) is 10.6 Å². The molecule has 1 aliphatic heterocycles. The summed E-state index contributed by atoms with van der Waals surface area (Å²) in [6.45, 7) is 0.621. The first-order valence-corrected chi connectivity index (χ1v) is 12.0. The minimum atomic E-state index is -4.63. The van der Waals surface area contributed by atoms with E-state index in [9.17, 15) is 22.8 Å². The molecule has 7 rings (SSSR count). The van der Waals surface area contributed by atoms with E-state index in [1.807, 2.05) is 4.90 Å². The van der Waals surface area contributed by atoms with Gasteiger partial charge in [0.15, 0.2) is 0 Å². The highest BCUT2D eigenvalue weighted by atomic mass is 35.5. The number of rotatable bonds is 3. The standard InChI is InChI=1S/C24H24ClF3N2O3/c25-20-16-9-14(13-2-3-13)10-17(24(26,27)28)21(16)33-22(20)23(32)29-5-6-30(19(31)11-29)18-4-1-12-7-15(18)8-12/h9-10,12-13,15,18H,1-8,11H2/t12?,15?,18-/m1/s1. The largest absolute Gasteiger partial charge is 0.449 e. The Labute approximate surface area is 193 Å². The van der Waals surface area contributed by atoms with Gasteiger partial charge in [-0.1, -0.05) is 11.6 Å². The average molecular weight is 481 g/mol. The summed E-state index contributed by atoms with van der Waals surface area (Å²) < 4.78 is 46.7. The lowest BCUT2D eigenvalue weighted by molar-refractivity contribution is -0.143. The predicted octanol–water partition coefficient (Wildman–Crippen LogP) is 5.46. The number of hydrogen-bond acceptors (Lipinski definition) is 3. The summed E-state index contributed by atoms with van der Waals surface area (Å²) in [6, 6.07) is 2.94. The van der Waals surface area contributed by atoms with Crippen LogP contribution in [0.4, 0.5) is 13.2 Å². The Morgan fingerprint density at radius 1 is 1.09 bits per heavy atom. The molecule has 9 heteroatoms. The number of carbonyl (C=O) groups excluding carboxylic acids is 2. The molecule has 5 fully saturated rings. The van der Waals surface area contributed by atoms with Gasteiger partial charge in [0, 0.05) is 24.5 Å². The Morgan fingerprint density at radius 3 is 2.45 bits per heavy atom. The molecule has 176 valence electrons. The number of alkyl halides is 3. The summed E-state index contributed by atoms with van der Waals surface area (Å²) in [6.07, 6.45) is 1.54. The SMILES string of the molecule is O=C(c1oc2c(C(F)(F)F)cc(C3CC3)cc2c1Cl)N1CCN([C@@H]2CCC3CC2C3)C(=O)C1. The van der Waals surface area contributed by atoms with Crippen LogP contribution in [0.3, 0.4) is 0 Å². The van der Waals surface area contributed by atoms with Crippen LogP contribution in [-0.4, -0.2) is 47.3 Å². The number of fused-ring (bicyclic) bond motifs is 3. The van der Waals surface area contributed by atoms with E-state index in [0.717, 1.165) is 37.7 Å². The first-order valence-electron chi connectivity index (χ1n) is 11.6. The van der Waals surface area contributed by atoms with Crippen molar-refractivity contribution in [3.05, 3.63) is 34.0 Å². The molecule has 0 N–H and O–H groups in total. The Kier molecular flexibility index (Phi) is 4.77. The molecule has 1 aromatic carbocycles. The monoisotopic (exact) mass is 480 g/mol. The quantitative estimate of drug-likeness (QED) is 0.586. The highest BCUT2D eigenvalue weighted by Gasteiger charge is 2.45. The summed E-state index contributed by atoms with van der Waals surface area (Å²) in [5, 5.41) is -0.0193. The first-order chi connectivity index (χ1) is 15.7. The van der Waals surface area contributed by atoms with Crippen LogP contribution in [0.25, 0.3) is 11.0 Å². The number of amides is 2. The van der Waals surface area contributed by atoms with Gasteiger partial charge >= 0.3 is 6.18 Å². The summed E-state index contributed by atoms with van der Waals surface area (Å²) >= 11 is 6.40. The fourth-order valence-electron chi connectivity index (χ4n) is 5.94. The van der Waals surface area contributed by atoms with Gasteiger partial charge in [0.2, 0.25) is 11.7 Å². The lowest BCUT2D eigenvalue weighted by Crippen LogP contribution is -2.59. The molecular formula is C24H24ClF3N2O3. The van der Waals surface area contributed by atoms with Crippen LogP contribution in [-0.2, 0) is 11.0 Å². The van der Waals surface area contributed by atoms with Gasteiger partial charge in [0.25, 0.3) is 5.91 Å². The molecule has 1 saturated heterocycles. The molecule has 5 nitrogen and oxygen atoms in total. The molecule has 0 radical (unpaired) electrons. The van der Waals surface area contributed by atoms with Gasteiger partial charge < -0.3 is 14.2 Å². The van der Waals surface area contributed by atoms with Crippen molar-refractivity contribution in [3.63, 3.8) is 0 Å². The second-order valence-electron chi connectivity index (χ2n) is 10.0. The zero-order valence-electron chi connectivity index (χ0n) is 18.0. The van der Waals surface area contributed by atoms with Crippen LogP contribution < -0.4 is 0 Å². The van der Waals surface area contributed by atoms with Crippen molar-refractivity contribution in [3.8, 4) is 0 Å². The van der Waals surface area contributed by atoms with E-state index in [1.54, 1.807) is 6.07 Å². The van der Waals surface area contributed by atoms with Gasteiger partial charge in [-0.2, -0.15) is 13.2 Å². The summed E-state index contributed by atoms with van der Waals surface area (Å²) in [5.74, 6) is 0.354. The van der Waals surface area contributed by atoms with Gasteiger partial charge in [-0.15, -0.1) is 0 Å². The van der Waals surface area contributed by atoms with Crippen molar-refractivity contribution in [2.75, 3.05) is 19.6 Å². The predicted molar refractivity (Wildman–Crippen MR) is 115 cm³/mol. The van der Waals surface area contributed by atoms with Gasteiger partial charge in [-0.05, 0) is 74.0 Å². The van der Waals surface area contributed by atoms with Crippen LogP contribution in [0.5, 0.6) is 0 Å².